The number of fused-ring (bicyclic) bond motifs is 1. The van der Waals surface area contributed by atoms with Crippen molar-refractivity contribution in [3.05, 3.63) is 58.3 Å². The fourth-order valence-electron chi connectivity index (χ4n) is 3.97. The molecule has 1 amide bonds. The molecule has 1 N–H and O–H groups in total. The van der Waals surface area contributed by atoms with Crippen LogP contribution in [0.15, 0.2) is 30.3 Å². The number of amides is 1. The summed E-state index contributed by atoms with van der Waals surface area (Å²) in [7, 11) is 1.91. The van der Waals surface area contributed by atoms with Crippen LogP contribution in [-0.2, 0) is 22.4 Å². The van der Waals surface area contributed by atoms with Gasteiger partial charge in [0.1, 0.15) is 11.4 Å². The molecule has 0 radical (unpaired) electrons. The number of rotatable bonds is 6. The van der Waals surface area contributed by atoms with Gasteiger partial charge < -0.3 is 15.0 Å². The minimum absolute atomic E-state index is 0.266. The Balaban J connectivity index is 2.00. The number of anilines is 1. The lowest BCUT2D eigenvalue weighted by atomic mass is 9.94. The lowest BCUT2D eigenvalue weighted by Gasteiger charge is -2.29. The second-order valence-electron chi connectivity index (χ2n) is 7.67. The average molecular weight is 396 g/mol. The van der Waals surface area contributed by atoms with Gasteiger partial charge in [0.05, 0.1) is 12.2 Å². The Labute approximate surface area is 172 Å². The van der Waals surface area contributed by atoms with Gasteiger partial charge in [0.25, 0.3) is 5.91 Å². The molecule has 154 valence electrons. The van der Waals surface area contributed by atoms with Crippen molar-refractivity contribution in [3.8, 4) is 0 Å². The van der Waals surface area contributed by atoms with E-state index in [1.165, 1.54) is 0 Å². The van der Waals surface area contributed by atoms with Gasteiger partial charge in [-0.15, -0.1) is 0 Å². The maximum Gasteiger partial charge on any atom is 0.332 e. The molecular formula is C23H29N3O3. The standard InChI is InChI=1S/C23H29N3O3/c1-6-26(5)20-19(15(3)12-16(4)24-20)21(27)25-23(22(28)29-7-2)13-17-10-8-9-11-18(17)14-23/h8-12H,6-7,13-14H2,1-5H3,(H,25,27). The van der Waals surface area contributed by atoms with E-state index >= 15 is 0 Å². The summed E-state index contributed by atoms with van der Waals surface area (Å²) in [6.45, 7) is 8.57. The fourth-order valence-corrected chi connectivity index (χ4v) is 3.97. The molecule has 1 aromatic heterocycles. The maximum atomic E-state index is 13.5. The van der Waals surface area contributed by atoms with Crippen LogP contribution in [0.2, 0.25) is 0 Å². The number of hydrogen-bond acceptors (Lipinski definition) is 5. The number of esters is 1. The summed E-state index contributed by atoms with van der Waals surface area (Å²) in [5.74, 6) is -0.0733. The Morgan fingerprint density at radius 3 is 2.34 bits per heavy atom. The number of aromatic nitrogens is 1. The zero-order valence-corrected chi connectivity index (χ0v) is 17.8. The highest BCUT2D eigenvalue weighted by Gasteiger charge is 2.47. The quantitative estimate of drug-likeness (QED) is 0.762. The van der Waals surface area contributed by atoms with E-state index in [4.69, 9.17) is 4.74 Å². The molecule has 29 heavy (non-hydrogen) atoms. The van der Waals surface area contributed by atoms with Gasteiger partial charge in [0, 0.05) is 32.1 Å². The highest BCUT2D eigenvalue weighted by atomic mass is 16.5. The minimum Gasteiger partial charge on any atom is -0.464 e. The third kappa shape index (κ3) is 3.97. The van der Waals surface area contributed by atoms with Crippen molar-refractivity contribution in [1.29, 1.82) is 0 Å². The van der Waals surface area contributed by atoms with Crippen LogP contribution in [0.1, 0.15) is 46.6 Å². The fraction of sp³-hybridized carbons (Fsp3) is 0.435. The molecule has 3 rings (SSSR count). The zero-order chi connectivity index (χ0) is 21.2. The maximum absolute atomic E-state index is 13.5. The first kappa shape index (κ1) is 20.8. The smallest absolute Gasteiger partial charge is 0.332 e. The monoisotopic (exact) mass is 395 g/mol. The van der Waals surface area contributed by atoms with Crippen molar-refractivity contribution in [1.82, 2.24) is 10.3 Å². The van der Waals surface area contributed by atoms with Gasteiger partial charge in [-0.25, -0.2) is 9.78 Å². The minimum atomic E-state index is -1.10. The first-order valence-corrected chi connectivity index (χ1v) is 10.1. The van der Waals surface area contributed by atoms with Crippen LogP contribution in [0, 0.1) is 13.8 Å². The highest BCUT2D eigenvalue weighted by Crippen LogP contribution is 2.32. The molecule has 0 fully saturated rings. The molecule has 1 aliphatic carbocycles. The van der Waals surface area contributed by atoms with Crippen LogP contribution in [-0.4, -0.2) is 42.6 Å². The third-order valence-electron chi connectivity index (χ3n) is 5.51. The van der Waals surface area contributed by atoms with Crippen LogP contribution in [0.4, 0.5) is 5.82 Å². The highest BCUT2D eigenvalue weighted by molar-refractivity contribution is 6.03. The average Bonchev–Trinajstić information content (AvgIpc) is 3.06. The van der Waals surface area contributed by atoms with Gasteiger partial charge in [0.2, 0.25) is 0 Å². The van der Waals surface area contributed by atoms with Crippen molar-refractivity contribution >= 4 is 17.7 Å². The van der Waals surface area contributed by atoms with Gasteiger partial charge in [0.15, 0.2) is 0 Å². The molecule has 1 aromatic carbocycles. The number of ether oxygens (including phenoxy) is 1. The molecule has 0 saturated heterocycles. The van der Waals surface area contributed by atoms with Crippen molar-refractivity contribution in [2.75, 3.05) is 25.1 Å². The van der Waals surface area contributed by atoms with Gasteiger partial charge in [-0.2, -0.15) is 0 Å². The summed E-state index contributed by atoms with van der Waals surface area (Å²) in [6.07, 6.45) is 0.843. The molecule has 6 nitrogen and oxygen atoms in total. The van der Waals surface area contributed by atoms with Gasteiger partial charge in [-0.1, -0.05) is 24.3 Å². The van der Waals surface area contributed by atoms with Crippen molar-refractivity contribution in [2.45, 2.75) is 46.1 Å². The van der Waals surface area contributed by atoms with Crippen LogP contribution >= 0.6 is 0 Å². The molecule has 0 saturated carbocycles. The summed E-state index contributed by atoms with van der Waals surface area (Å²) in [5.41, 5.74) is 3.20. The van der Waals surface area contributed by atoms with Crippen molar-refractivity contribution in [2.24, 2.45) is 0 Å². The molecule has 1 heterocycles. The molecule has 0 unspecified atom stereocenters. The van der Waals surface area contributed by atoms with Gasteiger partial charge in [-0.05, 0) is 50.5 Å². The summed E-state index contributed by atoms with van der Waals surface area (Å²) in [4.78, 5) is 32.9. The number of pyridine rings is 1. The van der Waals surface area contributed by atoms with E-state index in [-0.39, 0.29) is 12.5 Å². The summed E-state index contributed by atoms with van der Waals surface area (Å²) < 4.78 is 5.37. The van der Waals surface area contributed by atoms with E-state index in [1.54, 1.807) is 6.92 Å². The van der Waals surface area contributed by atoms with E-state index in [0.717, 1.165) is 22.4 Å². The van der Waals surface area contributed by atoms with E-state index in [1.807, 2.05) is 63.1 Å². The molecule has 0 aliphatic heterocycles. The molecular weight excluding hydrogens is 366 g/mol. The Morgan fingerprint density at radius 1 is 1.17 bits per heavy atom. The van der Waals surface area contributed by atoms with Gasteiger partial charge >= 0.3 is 5.97 Å². The summed E-state index contributed by atoms with van der Waals surface area (Å²) in [5, 5.41) is 3.04. The number of hydrogen-bond donors (Lipinski definition) is 1. The molecule has 0 atom stereocenters. The molecule has 0 bridgehead atoms. The molecule has 6 heteroatoms. The van der Waals surface area contributed by atoms with Crippen LogP contribution in [0.25, 0.3) is 0 Å². The molecule has 1 aliphatic rings. The summed E-state index contributed by atoms with van der Waals surface area (Å²) in [6, 6.07) is 9.78. The number of nitrogens with one attached hydrogen (secondary N) is 1. The van der Waals surface area contributed by atoms with Gasteiger partial charge in [-0.3, -0.25) is 4.79 Å². The largest absolute Gasteiger partial charge is 0.464 e. The van der Waals surface area contributed by atoms with Crippen LogP contribution < -0.4 is 10.2 Å². The van der Waals surface area contributed by atoms with Crippen molar-refractivity contribution < 1.29 is 14.3 Å². The number of benzene rings is 1. The number of nitrogens with zero attached hydrogens (tertiary/aromatic N) is 2. The lowest BCUT2D eigenvalue weighted by molar-refractivity contribution is -0.150. The Kier molecular flexibility index (Phi) is 5.91. The second kappa shape index (κ2) is 8.23. The Hall–Kier alpha value is -2.89. The third-order valence-corrected chi connectivity index (χ3v) is 5.51. The molecule has 0 spiro atoms. The van der Waals surface area contributed by atoms with E-state index < -0.39 is 11.5 Å². The number of carbonyl (C=O) groups excluding carboxylic acids is 2. The topological polar surface area (TPSA) is 71.5 Å². The first-order valence-electron chi connectivity index (χ1n) is 10.1. The van der Waals surface area contributed by atoms with Crippen LogP contribution in [0.5, 0.6) is 0 Å². The number of carbonyl (C=O) groups is 2. The lowest BCUT2D eigenvalue weighted by Crippen LogP contribution is -2.56. The van der Waals surface area contributed by atoms with Crippen LogP contribution in [0.3, 0.4) is 0 Å². The van der Waals surface area contributed by atoms with E-state index in [2.05, 4.69) is 10.3 Å². The summed E-state index contributed by atoms with van der Waals surface area (Å²) >= 11 is 0. The molecule has 2 aromatic rings. The normalized spacial score (nSPS) is 14.2. The second-order valence-corrected chi connectivity index (χ2v) is 7.67. The van der Waals surface area contributed by atoms with E-state index in [9.17, 15) is 9.59 Å². The zero-order valence-electron chi connectivity index (χ0n) is 17.8. The predicted octanol–water partition coefficient (Wildman–Crippen LogP) is 2.99. The first-order chi connectivity index (χ1) is 13.8. The number of aryl methyl sites for hydroxylation is 2. The van der Waals surface area contributed by atoms with Crippen molar-refractivity contribution in [3.63, 3.8) is 0 Å². The van der Waals surface area contributed by atoms with E-state index in [0.29, 0.717) is 30.8 Å². The Bertz CT molecular complexity index is 914. The Morgan fingerprint density at radius 2 is 1.79 bits per heavy atom. The SMILES string of the molecule is CCOC(=O)C1(NC(=O)c2c(C)cc(C)nc2N(C)CC)Cc2ccccc2C1. The predicted molar refractivity (Wildman–Crippen MR) is 113 cm³/mol.